The topological polar surface area (TPSA) is 26.0 Å². The molecule has 1 atom stereocenters. The van der Waals surface area contributed by atoms with E-state index >= 15 is 0 Å². The number of hydrogen-bond acceptors (Lipinski definition) is 1. The summed E-state index contributed by atoms with van der Waals surface area (Å²) in [5.74, 6) is -1.68. The van der Waals surface area contributed by atoms with Gasteiger partial charge in [-0.05, 0) is 31.5 Å². The number of halogens is 4. The van der Waals surface area contributed by atoms with E-state index in [2.05, 4.69) is 0 Å². The van der Waals surface area contributed by atoms with Gasteiger partial charge in [0.25, 0.3) is 6.43 Å². The third-order valence-electron chi connectivity index (χ3n) is 2.34. The highest BCUT2D eigenvalue weighted by Gasteiger charge is 2.32. The maximum atomic E-state index is 13.4. The lowest BCUT2D eigenvalue weighted by molar-refractivity contribution is 0.0630. The SMILES string of the molecule is Cc1cc(F)c(CC(C)(N)C(F)F)c(F)c1. The zero-order chi connectivity index (χ0) is 12.5. The molecule has 1 rings (SSSR count). The molecule has 1 unspecified atom stereocenters. The predicted molar refractivity (Wildman–Crippen MR) is 53.4 cm³/mol. The molecule has 1 aromatic carbocycles. The Morgan fingerprint density at radius 1 is 1.25 bits per heavy atom. The third kappa shape index (κ3) is 2.72. The van der Waals surface area contributed by atoms with Crippen LogP contribution in [0.15, 0.2) is 12.1 Å². The summed E-state index contributed by atoms with van der Waals surface area (Å²) in [6.07, 6.45) is -3.38. The zero-order valence-corrected chi connectivity index (χ0v) is 9.03. The quantitative estimate of drug-likeness (QED) is 0.801. The fourth-order valence-electron chi connectivity index (χ4n) is 1.36. The summed E-state index contributed by atoms with van der Waals surface area (Å²) in [6, 6.07) is 2.19. The highest BCUT2D eigenvalue weighted by molar-refractivity contribution is 5.27. The summed E-state index contributed by atoms with van der Waals surface area (Å²) in [4.78, 5) is 0. The Hall–Kier alpha value is -1.10. The molecule has 0 aromatic heterocycles. The Balaban J connectivity index is 3.07. The summed E-state index contributed by atoms with van der Waals surface area (Å²) in [7, 11) is 0. The molecule has 5 heteroatoms. The van der Waals surface area contributed by atoms with Crippen LogP contribution in [0.25, 0.3) is 0 Å². The van der Waals surface area contributed by atoms with Crippen molar-refractivity contribution >= 4 is 0 Å². The van der Waals surface area contributed by atoms with Crippen LogP contribution in [-0.4, -0.2) is 12.0 Å². The van der Waals surface area contributed by atoms with Crippen molar-refractivity contribution in [3.8, 4) is 0 Å². The smallest absolute Gasteiger partial charge is 0.256 e. The summed E-state index contributed by atoms with van der Waals surface area (Å²) >= 11 is 0. The van der Waals surface area contributed by atoms with Crippen molar-refractivity contribution < 1.29 is 17.6 Å². The fourth-order valence-corrected chi connectivity index (χ4v) is 1.36. The second-order valence-electron chi connectivity index (χ2n) is 4.19. The molecule has 0 heterocycles. The van der Waals surface area contributed by atoms with Crippen LogP contribution in [0.5, 0.6) is 0 Å². The van der Waals surface area contributed by atoms with E-state index < -0.39 is 35.6 Å². The molecule has 0 aliphatic rings. The lowest BCUT2D eigenvalue weighted by Gasteiger charge is -2.24. The van der Waals surface area contributed by atoms with E-state index in [9.17, 15) is 17.6 Å². The molecule has 0 aliphatic carbocycles. The molecule has 1 nitrogen and oxygen atoms in total. The summed E-state index contributed by atoms with van der Waals surface area (Å²) < 4.78 is 51.7. The van der Waals surface area contributed by atoms with Crippen molar-refractivity contribution in [3.63, 3.8) is 0 Å². The van der Waals surface area contributed by atoms with Crippen molar-refractivity contribution in [2.45, 2.75) is 32.2 Å². The highest BCUT2D eigenvalue weighted by Crippen LogP contribution is 2.23. The van der Waals surface area contributed by atoms with Gasteiger partial charge < -0.3 is 5.73 Å². The van der Waals surface area contributed by atoms with Crippen LogP contribution >= 0.6 is 0 Å². The van der Waals surface area contributed by atoms with Crippen LogP contribution in [0.1, 0.15) is 18.1 Å². The molecular weight excluding hydrogens is 222 g/mol. The fraction of sp³-hybridized carbons (Fsp3) is 0.455. The standard InChI is InChI=1S/C11H13F4N/c1-6-3-8(12)7(9(13)4-6)5-11(2,16)10(14)15/h3-4,10H,5,16H2,1-2H3. The van der Waals surface area contributed by atoms with Gasteiger partial charge in [-0.3, -0.25) is 0 Å². The van der Waals surface area contributed by atoms with Gasteiger partial charge in [0, 0.05) is 12.0 Å². The highest BCUT2D eigenvalue weighted by atomic mass is 19.3. The Morgan fingerprint density at radius 3 is 2.06 bits per heavy atom. The van der Waals surface area contributed by atoms with Crippen LogP contribution in [0.3, 0.4) is 0 Å². The molecule has 0 saturated heterocycles. The van der Waals surface area contributed by atoms with Crippen molar-refractivity contribution in [3.05, 3.63) is 34.9 Å². The molecule has 2 N–H and O–H groups in total. The van der Waals surface area contributed by atoms with Crippen LogP contribution in [0.2, 0.25) is 0 Å². The van der Waals surface area contributed by atoms with Crippen LogP contribution in [0, 0.1) is 18.6 Å². The van der Waals surface area contributed by atoms with Crippen LogP contribution in [0.4, 0.5) is 17.6 Å². The van der Waals surface area contributed by atoms with Gasteiger partial charge >= 0.3 is 0 Å². The first-order valence-corrected chi connectivity index (χ1v) is 4.75. The van der Waals surface area contributed by atoms with Gasteiger partial charge in [0.1, 0.15) is 11.6 Å². The Bertz CT molecular complexity index is 365. The maximum absolute atomic E-state index is 13.4. The van der Waals surface area contributed by atoms with Gasteiger partial charge in [0.05, 0.1) is 5.54 Å². The molecule has 0 spiro atoms. The van der Waals surface area contributed by atoms with Crippen LogP contribution < -0.4 is 5.73 Å². The van der Waals surface area contributed by atoms with Gasteiger partial charge in [0.2, 0.25) is 0 Å². The maximum Gasteiger partial charge on any atom is 0.256 e. The first kappa shape index (κ1) is 13.0. The lowest BCUT2D eigenvalue weighted by atomic mass is 9.93. The number of aryl methyl sites for hydroxylation is 1. The molecule has 0 radical (unpaired) electrons. The number of alkyl halides is 2. The van der Waals surface area contributed by atoms with E-state index in [1.54, 1.807) is 0 Å². The minimum Gasteiger partial charge on any atom is -0.320 e. The van der Waals surface area contributed by atoms with Gasteiger partial charge in [0.15, 0.2) is 0 Å². The molecule has 0 amide bonds. The molecular formula is C11H13F4N. The number of benzene rings is 1. The summed E-state index contributed by atoms with van der Waals surface area (Å²) in [6.45, 7) is 2.58. The van der Waals surface area contributed by atoms with Gasteiger partial charge in [-0.2, -0.15) is 0 Å². The zero-order valence-electron chi connectivity index (χ0n) is 9.03. The van der Waals surface area contributed by atoms with Gasteiger partial charge in [-0.15, -0.1) is 0 Å². The van der Waals surface area contributed by atoms with Gasteiger partial charge in [-0.25, -0.2) is 17.6 Å². The normalized spacial score (nSPS) is 15.2. The Kier molecular flexibility index (Phi) is 3.57. The number of nitrogens with two attached hydrogens (primary N) is 1. The predicted octanol–water partition coefficient (Wildman–Crippen LogP) is 2.80. The molecule has 1 aromatic rings. The number of rotatable bonds is 3. The van der Waals surface area contributed by atoms with Gasteiger partial charge in [-0.1, -0.05) is 0 Å². The van der Waals surface area contributed by atoms with Crippen molar-refractivity contribution in [1.82, 2.24) is 0 Å². The summed E-state index contributed by atoms with van der Waals surface area (Å²) in [5, 5.41) is 0. The molecule has 0 aliphatic heterocycles. The van der Waals surface area contributed by atoms with Crippen molar-refractivity contribution in [2.24, 2.45) is 5.73 Å². The lowest BCUT2D eigenvalue weighted by Crippen LogP contribution is -2.46. The second-order valence-corrected chi connectivity index (χ2v) is 4.19. The minimum absolute atomic E-state index is 0.393. The monoisotopic (exact) mass is 235 g/mol. The molecule has 0 fully saturated rings. The van der Waals surface area contributed by atoms with E-state index in [0.29, 0.717) is 5.56 Å². The largest absolute Gasteiger partial charge is 0.320 e. The average molecular weight is 235 g/mol. The van der Waals surface area contributed by atoms with E-state index in [4.69, 9.17) is 5.73 Å². The Labute approximate surface area is 91.3 Å². The summed E-state index contributed by atoms with van der Waals surface area (Å²) in [5.41, 5.74) is 3.36. The average Bonchev–Trinajstić information content (AvgIpc) is 2.11. The molecule has 0 bridgehead atoms. The minimum atomic E-state index is -2.84. The number of hydrogen-bond donors (Lipinski definition) is 1. The first-order chi connectivity index (χ1) is 7.24. The molecule has 90 valence electrons. The van der Waals surface area contributed by atoms with Crippen molar-refractivity contribution in [2.75, 3.05) is 0 Å². The molecule has 0 saturated carbocycles. The Morgan fingerprint density at radius 2 is 1.69 bits per heavy atom. The second kappa shape index (κ2) is 4.41. The van der Waals surface area contributed by atoms with Crippen molar-refractivity contribution in [1.29, 1.82) is 0 Å². The van der Waals surface area contributed by atoms with E-state index in [-0.39, 0.29) is 0 Å². The third-order valence-corrected chi connectivity index (χ3v) is 2.34. The molecule has 16 heavy (non-hydrogen) atoms. The van der Waals surface area contributed by atoms with E-state index in [1.807, 2.05) is 0 Å². The first-order valence-electron chi connectivity index (χ1n) is 4.75. The van der Waals surface area contributed by atoms with E-state index in [0.717, 1.165) is 19.1 Å². The van der Waals surface area contributed by atoms with Crippen LogP contribution in [-0.2, 0) is 6.42 Å². The van der Waals surface area contributed by atoms with E-state index in [1.165, 1.54) is 6.92 Å².